The highest BCUT2D eigenvalue weighted by molar-refractivity contribution is 6.07. The summed E-state index contributed by atoms with van der Waals surface area (Å²) in [6.07, 6.45) is 0.991. The van der Waals surface area contributed by atoms with Crippen LogP contribution in [0, 0.1) is 0 Å². The van der Waals surface area contributed by atoms with Crippen molar-refractivity contribution in [1.82, 2.24) is 21.3 Å². The van der Waals surface area contributed by atoms with Crippen LogP contribution in [-0.2, 0) is 16.8 Å². The fraction of sp³-hybridized carbons (Fsp3) is 0.286. The van der Waals surface area contributed by atoms with Crippen molar-refractivity contribution in [1.29, 1.82) is 0 Å². The van der Waals surface area contributed by atoms with Crippen LogP contribution in [-0.4, -0.2) is 30.9 Å². The van der Waals surface area contributed by atoms with E-state index in [1.807, 2.05) is 12.1 Å². The summed E-state index contributed by atoms with van der Waals surface area (Å²) in [5.41, 5.74) is 2.54. The molecule has 1 fully saturated rings. The molecule has 0 saturated carbocycles. The number of urea groups is 1. The molecule has 2 aliphatic rings. The number of hydrogen-bond acceptors (Lipinski definition) is 4. The molecule has 144 valence electrons. The van der Waals surface area contributed by atoms with Crippen LogP contribution in [0.3, 0.4) is 0 Å². The monoisotopic (exact) mass is 378 g/mol. The second-order valence-electron chi connectivity index (χ2n) is 7.28. The van der Waals surface area contributed by atoms with Gasteiger partial charge in [-0.05, 0) is 48.7 Å². The normalized spacial score (nSPS) is 23.5. The fourth-order valence-electron chi connectivity index (χ4n) is 3.77. The Balaban J connectivity index is 1.42. The molecule has 0 bridgehead atoms. The van der Waals surface area contributed by atoms with Crippen molar-refractivity contribution in [3.63, 3.8) is 0 Å². The Morgan fingerprint density at radius 2 is 1.89 bits per heavy atom. The number of amides is 4. The molecule has 7 heteroatoms. The van der Waals surface area contributed by atoms with Crippen molar-refractivity contribution in [3.8, 4) is 0 Å². The van der Waals surface area contributed by atoms with Gasteiger partial charge in [0, 0.05) is 18.2 Å². The highest BCUT2D eigenvalue weighted by atomic mass is 16.2. The van der Waals surface area contributed by atoms with Gasteiger partial charge in [0.25, 0.3) is 11.8 Å². The zero-order valence-corrected chi connectivity index (χ0v) is 15.5. The molecule has 2 aromatic carbocycles. The van der Waals surface area contributed by atoms with Crippen molar-refractivity contribution >= 4 is 17.8 Å². The number of hydrogen-bond donors (Lipinski definition) is 4. The minimum atomic E-state index is -1.12. The first-order valence-electron chi connectivity index (χ1n) is 9.31. The number of fused-ring (bicyclic) bond motifs is 1. The average Bonchev–Trinajstić information content (AvgIpc) is 2.98. The molecule has 4 N–H and O–H groups in total. The van der Waals surface area contributed by atoms with Gasteiger partial charge in [0.15, 0.2) is 0 Å². The minimum absolute atomic E-state index is 0.0875. The molecule has 0 radical (unpaired) electrons. The summed E-state index contributed by atoms with van der Waals surface area (Å²) in [6, 6.07) is 14.5. The van der Waals surface area contributed by atoms with Crippen molar-refractivity contribution in [2.45, 2.75) is 24.9 Å². The summed E-state index contributed by atoms with van der Waals surface area (Å²) in [4.78, 5) is 36.0. The largest absolute Gasteiger partial charge is 0.350 e. The second kappa shape index (κ2) is 7.09. The summed E-state index contributed by atoms with van der Waals surface area (Å²) in [7, 11) is 0. The van der Waals surface area contributed by atoms with Gasteiger partial charge in [0.1, 0.15) is 5.54 Å². The number of imide groups is 1. The molecule has 2 unspecified atom stereocenters. The van der Waals surface area contributed by atoms with Gasteiger partial charge in [-0.15, -0.1) is 0 Å². The highest BCUT2D eigenvalue weighted by Gasteiger charge is 2.43. The van der Waals surface area contributed by atoms with E-state index in [1.54, 1.807) is 31.2 Å². The van der Waals surface area contributed by atoms with E-state index in [4.69, 9.17) is 0 Å². The Kier molecular flexibility index (Phi) is 4.60. The van der Waals surface area contributed by atoms with E-state index in [1.165, 1.54) is 11.1 Å². The lowest BCUT2D eigenvalue weighted by Crippen LogP contribution is -2.40. The van der Waals surface area contributed by atoms with Crippen molar-refractivity contribution in [2.75, 3.05) is 13.1 Å². The lowest BCUT2D eigenvalue weighted by Gasteiger charge is -2.27. The predicted octanol–water partition coefficient (Wildman–Crippen LogP) is 1.36. The van der Waals surface area contributed by atoms with E-state index in [0.29, 0.717) is 17.7 Å². The summed E-state index contributed by atoms with van der Waals surface area (Å²) >= 11 is 0. The Hall–Kier alpha value is -3.19. The molecule has 2 heterocycles. The number of rotatable bonds is 4. The lowest BCUT2D eigenvalue weighted by atomic mass is 9.91. The second-order valence-corrected chi connectivity index (χ2v) is 7.28. The van der Waals surface area contributed by atoms with Crippen LogP contribution in [0.2, 0.25) is 0 Å². The predicted molar refractivity (Wildman–Crippen MR) is 104 cm³/mol. The van der Waals surface area contributed by atoms with Gasteiger partial charge in [0.2, 0.25) is 0 Å². The molecule has 1 saturated heterocycles. The number of carbonyl (C=O) groups is 3. The standard InChI is InChI=1S/C21H22N4O3/c1-21(19(27)24-20(28)25-21)15-8-6-14(7-9-15)18(26)23-12-17-16-5-3-2-4-13(16)10-11-22-17/h2-9,17,22H,10-12H2,1H3,(H,23,26)(H2,24,25,27,28). The Bertz CT molecular complexity index is 941. The van der Waals surface area contributed by atoms with E-state index in [0.717, 1.165) is 13.0 Å². The van der Waals surface area contributed by atoms with Gasteiger partial charge in [-0.1, -0.05) is 36.4 Å². The molecular weight excluding hydrogens is 356 g/mol. The maximum Gasteiger partial charge on any atom is 0.322 e. The quantitative estimate of drug-likeness (QED) is 0.604. The van der Waals surface area contributed by atoms with Crippen LogP contribution in [0.1, 0.15) is 40.0 Å². The molecule has 28 heavy (non-hydrogen) atoms. The van der Waals surface area contributed by atoms with Gasteiger partial charge in [-0.25, -0.2) is 4.79 Å². The summed E-state index contributed by atoms with van der Waals surface area (Å²) < 4.78 is 0. The fourth-order valence-corrected chi connectivity index (χ4v) is 3.77. The molecule has 0 spiro atoms. The Morgan fingerprint density at radius 1 is 1.14 bits per heavy atom. The lowest BCUT2D eigenvalue weighted by molar-refractivity contribution is -0.123. The first kappa shape index (κ1) is 18.2. The molecular formula is C21H22N4O3. The maximum atomic E-state index is 12.5. The molecule has 2 aromatic rings. The van der Waals surface area contributed by atoms with E-state index in [-0.39, 0.29) is 11.9 Å². The molecule has 0 aromatic heterocycles. The molecule has 4 rings (SSSR count). The molecule has 4 amide bonds. The molecule has 2 atom stereocenters. The van der Waals surface area contributed by atoms with Gasteiger partial charge in [-0.3, -0.25) is 14.9 Å². The summed E-state index contributed by atoms with van der Waals surface area (Å²) in [6.45, 7) is 3.01. The SMILES string of the molecule is CC1(c2ccc(C(=O)NCC3NCCc4ccccc43)cc2)NC(=O)NC1=O. The van der Waals surface area contributed by atoms with Crippen LogP contribution >= 0.6 is 0 Å². The van der Waals surface area contributed by atoms with Crippen LogP contribution in [0.4, 0.5) is 4.79 Å². The maximum absolute atomic E-state index is 12.5. The molecule has 0 aliphatic carbocycles. The highest BCUT2D eigenvalue weighted by Crippen LogP contribution is 2.25. The minimum Gasteiger partial charge on any atom is -0.350 e. The Labute approximate surface area is 162 Å². The molecule has 2 aliphatic heterocycles. The van der Waals surface area contributed by atoms with Crippen molar-refractivity contribution in [3.05, 3.63) is 70.8 Å². The van der Waals surface area contributed by atoms with Crippen LogP contribution in [0.5, 0.6) is 0 Å². The van der Waals surface area contributed by atoms with Gasteiger partial charge < -0.3 is 16.0 Å². The average molecular weight is 378 g/mol. The van der Waals surface area contributed by atoms with E-state index >= 15 is 0 Å². The third-order valence-corrected chi connectivity index (χ3v) is 5.45. The van der Waals surface area contributed by atoms with Crippen LogP contribution in [0.25, 0.3) is 0 Å². The summed E-state index contributed by atoms with van der Waals surface area (Å²) in [5, 5.41) is 11.3. The van der Waals surface area contributed by atoms with Gasteiger partial charge in [0.05, 0.1) is 0 Å². The van der Waals surface area contributed by atoms with E-state index in [2.05, 4.69) is 33.4 Å². The van der Waals surface area contributed by atoms with Gasteiger partial charge in [-0.2, -0.15) is 0 Å². The van der Waals surface area contributed by atoms with Crippen molar-refractivity contribution < 1.29 is 14.4 Å². The van der Waals surface area contributed by atoms with Crippen molar-refractivity contribution in [2.24, 2.45) is 0 Å². The van der Waals surface area contributed by atoms with Crippen LogP contribution in [0.15, 0.2) is 48.5 Å². The zero-order chi connectivity index (χ0) is 19.7. The number of benzene rings is 2. The van der Waals surface area contributed by atoms with Crippen LogP contribution < -0.4 is 21.3 Å². The van der Waals surface area contributed by atoms with E-state index < -0.39 is 17.5 Å². The smallest absolute Gasteiger partial charge is 0.322 e. The summed E-state index contributed by atoms with van der Waals surface area (Å²) in [5.74, 6) is -0.585. The zero-order valence-electron chi connectivity index (χ0n) is 15.5. The topological polar surface area (TPSA) is 99.3 Å². The van der Waals surface area contributed by atoms with Gasteiger partial charge >= 0.3 is 6.03 Å². The Morgan fingerprint density at radius 3 is 2.61 bits per heavy atom. The molecule has 7 nitrogen and oxygen atoms in total. The number of nitrogens with one attached hydrogen (secondary N) is 4. The van der Waals surface area contributed by atoms with E-state index in [9.17, 15) is 14.4 Å². The first-order chi connectivity index (χ1) is 13.5. The first-order valence-corrected chi connectivity index (χ1v) is 9.31. The third-order valence-electron chi connectivity index (χ3n) is 5.45. The third kappa shape index (κ3) is 3.25. The number of carbonyl (C=O) groups excluding carboxylic acids is 3.